The van der Waals surface area contributed by atoms with E-state index >= 15 is 0 Å². The molecule has 4 nitrogen and oxygen atoms in total. The average molecular weight is 275 g/mol. The van der Waals surface area contributed by atoms with Gasteiger partial charge in [-0.3, -0.25) is 0 Å². The normalized spacial score (nSPS) is 35.6. The molecule has 0 bridgehead atoms. The predicted octanol–water partition coefficient (Wildman–Crippen LogP) is 2.37. The monoisotopic (exact) mass is 275 g/mol. The van der Waals surface area contributed by atoms with Crippen LogP contribution in [0.4, 0.5) is 0 Å². The zero-order chi connectivity index (χ0) is 13.6. The summed E-state index contributed by atoms with van der Waals surface area (Å²) in [6.07, 6.45) is 5.29. The Morgan fingerprint density at radius 2 is 2.05 bits per heavy atom. The average Bonchev–Trinajstić information content (AvgIpc) is 2.93. The first-order chi connectivity index (χ1) is 9.76. The number of aliphatic hydroxyl groups is 1. The van der Waals surface area contributed by atoms with Gasteiger partial charge in [0.25, 0.3) is 0 Å². The molecule has 2 aliphatic heterocycles. The molecule has 4 heteroatoms. The first-order valence-electron chi connectivity index (χ1n) is 7.62. The van der Waals surface area contributed by atoms with E-state index in [0.29, 0.717) is 12.7 Å². The van der Waals surface area contributed by atoms with Gasteiger partial charge < -0.3 is 19.9 Å². The number of ether oxygens (including phenoxy) is 2. The van der Waals surface area contributed by atoms with E-state index in [-0.39, 0.29) is 6.04 Å². The maximum Gasteiger partial charge on any atom is 0.231 e. The molecule has 0 amide bonds. The lowest BCUT2D eigenvalue weighted by Crippen LogP contribution is -2.53. The van der Waals surface area contributed by atoms with E-state index < -0.39 is 5.60 Å². The standard InChI is InChI=1S/C16H21NO3/c18-16-6-2-1-3-12(16)15(17-8-7-16)11-4-5-13-14(9-11)20-10-19-13/h4-5,9,12,15,17-18H,1-3,6-8,10H2/t12-,15+,16+/m0/s1. The van der Waals surface area contributed by atoms with Gasteiger partial charge in [0.2, 0.25) is 6.79 Å². The van der Waals surface area contributed by atoms with Gasteiger partial charge in [0.05, 0.1) is 5.60 Å². The molecule has 0 unspecified atom stereocenters. The van der Waals surface area contributed by atoms with E-state index in [2.05, 4.69) is 17.4 Å². The Hall–Kier alpha value is -1.26. The molecule has 3 atom stereocenters. The highest BCUT2D eigenvalue weighted by Gasteiger charge is 2.46. The number of hydrogen-bond donors (Lipinski definition) is 2. The molecule has 0 aromatic heterocycles. The summed E-state index contributed by atoms with van der Waals surface area (Å²) in [4.78, 5) is 0. The summed E-state index contributed by atoms with van der Waals surface area (Å²) >= 11 is 0. The largest absolute Gasteiger partial charge is 0.454 e. The van der Waals surface area contributed by atoms with E-state index in [9.17, 15) is 5.11 Å². The molecular weight excluding hydrogens is 254 g/mol. The lowest BCUT2D eigenvalue weighted by molar-refractivity contribution is -0.0861. The van der Waals surface area contributed by atoms with Crippen LogP contribution in [-0.4, -0.2) is 24.0 Å². The van der Waals surface area contributed by atoms with E-state index in [1.165, 1.54) is 12.0 Å². The maximum atomic E-state index is 10.9. The first kappa shape index (κ1) is 12.5. The molecule has 2 heterocycles. The summed E-state index contributed by atoms with van der Waals surface area (Å²) in [5, 5.41) is 14.5. The van der Waals surface area contributed by atoms with Crippen molar-refractivity contribution in [2.24, 2.45) is 5.92 Å². The molecule has 0 radical (unpaired) electrons. The molecule has 1 saturated heterocycles. The van der Waals surface area contributed by atoms with Gasteiger partial charge in [-0.2, -0.15) is 0 Å². The minimum absolute atomic E-state index is 0.226. The minimum atomic E-state index is -0.482. The van der Waals surface area contributed by atoms with Gasteiger partial charge in [-0.15, -0.1) is 0 Å². The first-order valence-corrected chi connectivity index (χ1v) is 7.62. The van der Waals surface area contributed by atoms with Crippen LogP contribution >= 0.6 is 0 Å². The number of nitrogens with one attached hydrogen (secondary N) is 1. The van der Waals surface area contributed by atoms with Crippen molar-refractivity contribution in [2.75, 3.05) is 13.3 Å². The fourth-order valence-electron chi connectivity index (χ4n) is 4.08. The molecule has 2 N–H and O–H groups in total. The highest BCUT2D eigenvalue weighted by Crippen LogP contribution is 2.46. The zero-order valence-electron chi connectivity index (χ0n) is 11.6. The maximum absolute atomic E-state index is 10.9. The topological polar surface area (TPSA) is 50.7 Å². The van der Waals surface area contributed by atoms with E-state index in [1.807, 2.05) is 6.07 Å². The van der Waals surface area contributed by atoms with Crippen LogP contribution < -0.4 is 14.8 Å². The van der Waals surface area contributed by atoms with Crippen LogP contribution in [0.2, 0.25) is 0 Å². The quantitative estimate of drug-likeness (QED) is 0.826. The van der Waals surface area contributed by atoms with Crippen LogP contribution in [0.1, 0.15) is 43.7 Å². The Morgan fingerprint density at radius 1 is 1.15 bits per heavy atom. The third-order valence-corrected chi connectivity index (χ3v) is 5.15. The van der Waals surface area contributed by atoms with Crippen LogP contribution in [0.3, 0.4) is 0 Å². The van der Waals surface area contributed by atoms with Crippen molar-refractivity contribution in [1.82, 2.24) is 5.32 Å². The van der Waals surface area contributed by atoms with Crippen LogP contribution in [0.25, 0.3) is 0 Å². The number of piperidine rings is 1. The van der Waals surface area contributed by atoms with Crippen LogP contribution in [0.15, 0.2) is 18.2 Å². The molecule has 1 aliphatic carbocycles. The number of benzene rings is 1. The molecule has 0 spiro atoms. The van der Waals surface area contributed by atoms with Crippen molar-refractivity contribution in [3.05, 3.63) is 23.8 Å². The number of fused-ring (bicyclic) bond motifs is 2. The Balaban J connectivity index is 1.66. The third-order valence-electron chi connectivity index (χ3n) is 5.15. The summed E-state index contributed by atoms with van der Waals surface area (Å²) in [6, 6.07) is 6.38. The highest BCUT2D eigenvalue weighted by atomic mass is 16.7. The van der Waals surface area contributed by atoms with Gasteiger partial charge in [-0.1, -0.05) is 18.9 Å². The smallest absolute Gasteiger partial charge is 0.231 e. The van der Waals surface area contributed by atoms with Crippen LogP contribution in [0, 0.1) is 5.92 Å². The molecule has 3 aliphatic rings. The van der Waals surface area contributed by atoms with Gasteiger partial charge in [-0.25, -0.2) is 0 Å². The second kappa shape index (κ2) is 4.64. The Kier molecular flexibility index (Phi) is 2.89. The Labute approximate surface area is 119 Å². The summed E-state index contributed by atoms with van der Waals surface area (Å²) in [5.41, 5.74) is 0.726. The van der Waals surface area contributed by atoms with Crippen molar-refractivity contribution >= 4 is 0 Å². The lowest BCUT2D eigenvalue weighted by atomic mass is 9.67. The summed E-state index contributed by atoms with van der Waals surface area (Å²) in [7, 11) is 0. The molecular formula is C16H21NO3. The van der Waals surface area contributed by atoms with Gasteiger partial charge in [-0.05, 0) is 43.5 Å². The zero-order valence-corrected chi connectivity index (χ0v) is 11.6. The van der Waals surface area contributed by atoms with Crippen molar-refractivity contribution < 1.29 is 14.6 Å². The van der Waals surface area contributed by atoms with Crippen molar-refractivity contribution in [1.29, 1.82) is 0 Å². The van der Waals surface area contributed by atoms with E-state index in [4.69, 9.17) is 9.47 Å². The van der Waals surface area contributed by atoms with Crippen molar-refractivity contribution in [3.63, 3.8) is 0 Å². The number of rotatable bonds is 1. The molecule has 1 aromatic rings. The SMILES string of the molecule is O[C@@]12CCCC[C@H]1[C@@H](c1ccc3c(c1)OCO3)NCC2. The van der Waals surface area contributed by atoms with Crippen molar-refractivity contribution in [3.8, 4) is 11.5 Å². The minimum Gasteiger partial charge on any atom is -0.454 e. The lowest BCUT2D eigenvalue weighted by Gasteiger charge is -2.48. The third kappa shape index (κ3) is 1.90. The Bertz CT molecular complexity index is 514. The van der Waals surface area contributed by atoms with Crippen molar-refractivity contribution in [2.45, 2.75) is 43.7 Å². The molecule has 1 aromatic carbocycles. The van der Waals surface area contributed by atoms with Gasteiger partial charge in [0.15, 0.2) is 11.5 Å². The molecule has 108 valence electrons. The van der Waals surface area contributed by atoms with Crippen LogP contribution in [0.5, 0.6) is 11.5 Å². The fourth-order valence-corrected chi connectivity index (χ4v) is 4.08. The summed E-state index contributed by atoms with van der Waals surface area (Å²) in [6.45, 7) is 1.19. The second-order valence-corrected chi connectivity index (χ2v) is 6.25. The van der Waals surface area contributed by atoms with E-state index in [0.717, 1.165) is 43.7 Å². The predicted molar refractivity (Wildman–Crippen MR) is 74.8 cm³/mol. The van der Waals surface area contributed by atoms with Gasteiger partial charge in [0.1, 0.15) is 0 Å². The second-order valence-electron chi connectivity index (χ2n) is 6.25. The molecule has 4 rings (SSSR count). The van der Waals surface area contributed by atoms with Gasteiger partial charge >= 0.3 is 0 Å². The fraction of sp³-hybridized carbons (Fsp3) is 0.625. The van der Waals surface area contributed by atoms with Crippen LogP contribution in [-0.2, 0) is 0 Å². The summed E-state index contributed by atoms with van der Waals surface area (Å²) < 4.78 is 10.9. The summed E-state index contributed by atoms with van der Waals surface area (Å²) in [5.74, 6) is 1.96. The number of hydrogen-bond acceptors (Lipinski definition) is 4. The van der Waals surface area contributed by atoms with Gasteiger partial charge in [0, 0.05) is 12.0 Å². The molecule has 1 saturated carbocycles. The van der Waals surface area contributed by atoms with E-state index in [1.54, 1.807) is 0 Å². The molecule has 2 fully saturated rings. The highest BCUT2D eigenvalue weighted by molar-refractivity contribution is 5.45. The Morgan fingerprint density at radius 3 is 3.00 bits per heavy atom. The molecule has 20 heavy (non-hydrogen) atoms.